The summed E-state index contributed by atoms with van der Waals surface area (Å²) >= 11 is 0. The second kappa shape index (κ2) is 8.88. The van der Waals surface area contributed by atoms with Crippen LogP contribution >= 0.6 is 0 Å². The zero-order chi connectivity index (χ0) is 20.1. The lowest BCUT2D eigenvalue weighted by atomic mass is 10.1. The number of rotatable bonds is 7. The standard InChI is InChI=1S/C20H26N4O4/c1-3-22(4-2)17-7-5-16(6-8-17)15-21-11-13-23(14-12-21)20(25)18-9-10-19(28-18)24(26)27/h5-10H,3-4,11-15H2,1-2H3. The summed E-state index contributed by atoms with van der Waals surface area (Å²) in [4.78, 5) is 28.8. The molecule has 1 aromatic carbocycles. The Kier molecular flexibility index (Phi) is 6.30. The van der Waals surface area contributed by atoms with Crippen LogP contribution in [0, 0.1) is 10.1 Å². The van der Waals surface area contributed by atoms with Gasteiger partial charge in [0, 0.05) is 51.5 Å². The SMILES string of the molecule is CCN(CC)c1ccc(CN2CCN(C(=O)c3ccc([N+](=O)[O-])o3)CC2)cc1. The maximum Gasteiger partial charge on any atom is 0.433 e. The maximum atomic E-state index is 12.4. The van der Waals surface area contributed by atoms with Crippen molar-refractivity contribution in [3.63, 3.8) is 0 Å². The predicted molar refractivity (Wildman–Crippen MR) is 107 cm³/mol. The molecule has 0 N–H and O–H groups in total. The van der Waals surface area contributed by atoms with E-state index in [-0.39, 0.29) is 11.7 Å². The Hall–Kier alpha value is -2.87. The Morgan fingerprint density at radius 1 is 1.07 bits per heavy atom. The van der Waals surface area contributed by atoms with Gasteiger partial charge in [-0.3, -0.25) is 19.8 Å². The fourth-order valence-corrected chi connectivity index (χ4v) is 3.46. The van der Waals surface area contributed by atoms with Gasteiger partial charge in [-0.25, -0.2) is 0 Å². The van der Waals surface area contributed by atoms with E-state index in [1.54, 1.807) is 4.90 Å². The van der Waals surface area contributed by atoms with Crippen molar-refractivity contribution < 1.29 is 14.1 Å². The van der Waals surface area contributed by atoms with E-state index in [4.69, 9.17) is 4.42 Å². The highest BCUT2D eigenvalue weighted by Crippen LogP contribution is 2.19. The van der Waals surface area contributed by atoms with Crippen molar-refractivity contribution in [2.45, 2.75) is 20.4 Å². The lowest BCUT2D eigenvalue weighted by Gasteiger charge is -2.34. The van der Waals surface area contributed by atoms with E-state index in [0.29, 0.717) is 13.1 Å². The minimum absolute atomic E-state index is 0.0205. The van der Waals surface area contributed by atoms with Crippen LogP contribution in [0.3, 0.4) is 0 Å². The van der Waals surface area contributed by atoms with Crippen LogP contribution in [-0.2, 0) is 6.54 Å². The Bertz CT molecular complexity index is 806. The first-order valence-corrected chi connectivity index (χ1v) is 9.61. The number of carbonyl (C=O) groups excluding carboxylic acids is 1. The van der Waals surface area contributed by atoms with Crippen molar-refractivity contribution in [3.05, 3.63) is 57.8 Å². The maximum absolute atomic E-state index is 12.4. The highest BCUT2D eigenvalue weighted by molar-refractivity contribution is 5.91. The summed E-state index contributed by atoms with van der Waals surface area (Å²) in [5.41, 5.74) is 2.48. The second-order valence-corrected chi connectivity index (χ2v) is 6.80. The number of furan rings is 1. The van der Waals surface area contributed by atoms with Gasteiger partial charge in [-0.2, -0.15) is 0 Å². The van der Waals surface area contributed by atoms with Crippen molar-refractivity contribution in [3.8, 4) is 0 Å². The predicted octanol–water partition coefficient (Wildman–Crippen LogP) is 2.99. The molecular formula is C20H26N4O4. The van der Waals surface area contributed by atoms with E-state index in [0.717, 1.165) is 32.7 Å². The summed E-state index contributed by atoms with van der Waals surface area (Å²) in [6.07, 6.45) is 0. The highest BCUT2D eigenvalue weighted by atomic mass is 16.6. The number of piperazine rings is 1. The molecule has 28 heavy (non-hydrogen) atoms. The van der Waals surface area contributed by atoms with E-state index in [1.807, 2.05) is 0 Å². The summed E-state index contributed by atoms with van der Waals surface area (Å²) in [5.74, 6) is -0.682. The molecule has 0 saturated carbocycles. The molecule has 3 rings (SSSR count). The summed E-state index contributed by atoms with van der Waals surface area (Å²) in [5, 5.41) is 10.7. The average Bonchev–Trinajstić information content (AvgIpc) is 3.21. The molecular weight excluding hydrogens is 360 g/mol. The third-order valence-corrected chi connectivity index (χ3v) is 5.11. The van der Waals surface area contributed by atoms with Crippen molar-refractivity contribution in [2.75, 3.05) is 44.2 Å². The number of nitrogens with zero attached hydrogens (tertiary/aromatic N) is 4. The Balaban J connectivity index is 1.52. The fourth-order valence-electron chi connectivity index (χ4n) is 3.46. The molecule has 0 spiro atoms. The van der Waals surface area contributed by atoms with Gasteiger partial charge in [-0.15, -0.1) is 0 Å². The zero-order valence-corrected chi connectivity index (χ0v) is 16.3. The number of hydrogen-bond donors (Lipinski definition) is 0. The van der Waals surface area contributed by atoms with Crippen LogP contribution in [0.5, 0.6) is 0 Å². The quantitative estimate of drug-likeness (QED) is 0.537. The molecule has 1 aliphatic heterocycles. The van der Waals surface area contributed by atoms with E-state index >= 15 is 0 Å². The van der Waals surface area contributed by atoms with E-state index < -0.39 is 10.8 Å². The first kappa shape index (κ1) is 19.9. The van der Waals surface area contributed by atoms with Crippen LogP contribution in [0.15, 0.2) is 40.8 Å². The largest absolute Gasteiger partial charge is 0.433 e. The van der Waals surface area contributed by atoms with Crippen LogP contribution in [0.4, 0.5) is 11.6 Å². The van der Waals surface area contributed by atoms with E-state index in [1.165, 1.54) is 23.4 Å². The molecule has 2 heterocycles. The van der Waals surface area contributed by atoms with Gasteiger partial charge in [0.05, 0.1) is 6.07 Å². The number of hydrogen-bond acceptors (Lipinski definition) is 6. The Morgan fingerprint density at radius 2 is 1.71 bits per heavy atom. The molecule has 0 atom stereocenters. The van der Waals surface area contributed by atoms with E-state index in [2.05, 4.69) is 47.9 Å². The number of benzene rings is 1. The average molecular weight is 386 g/mol. The summed E-state index contributed by atoms with van der Waals surface area (Å²) in [6, 6.07) is 11.2. The smallest absolute Gasteiger partial charge is 0.395 e. The Morgan fingerprint density at radius 3 is 2.25 bits per heavy atom. The number of anilines is 1. The minimum atomic E-state index is -0.639. The van der Waals surface area contributed by atoms with Gasteiger partial charge < -0.3 is 14.2 Å². The molecule has 1 fully saturated rings. The van der Waals surface area contributed by atoms with Crippen LogP contribution in [0.25, 0.3) is 0 Å². The molecule has 150 valence electrons. The van der Waals surface area contributed by atoms with Crippen LogP contribution < -0.4 is 4.90 Å². The summed E-state index contributed by atoms with van der Waals surface area (Å²) < 4.78 is 5.02. The molecule has 0 aliphatic carbocycles. The topological polar surface area (TPSA) is 83.1 Å². The molecule has 0 bridgehead atoms. The first-order valence-electron chi connectivity index (χ1n) is 9.61. The molecule has 8 heteroatoms. The number of nitro groups is 1. The van der Waals surface area contributed by atoms with Crippen molar-refractivity contribution in [1.82, 2.24) is 9.80 Å². The molecule has 0 unspecified atom stereocenters. The monoisotopic (exact) mass is 386 g/mol. The van der Waals surface area contributed by atoms with E-state index in [9.17, 15) is 14.9 Å². The van der Waals surface area contributed by atoms with Gasteiger partial charge in [-0.1, -0.05) is 12.1 Å². The van der Waals surface area contributed by atoms with Gasteiger partial charge in [0.25, 0.3) is 5.91 Å². The molecule has 1 aliphatic rings. The minimum Gasteiger partial charge on any atom is -0.395 e. The molecule has 1 amide bonds. The Labute approximate surface area is 164 Å². The molecule has 1 aromatic heterocycles. The van der Waals surface area contributed by atoms with Crippen LogP contribution in [0.1, 0.15) is 30.0 Å². The van der Waals surface area contributed by atoms with Gasteiger partial charge in [0.2, 0.25) is 0 Å². The summed E-state index contributed by atoms with van der Waals surface area (Å²) in [7, 11) is 0. The van der Waals surface area contributed by atoms with Crippen molar-refractivity contribution >= 4 is 17.5 Å². The van der Waals surface area contributed by atoms with Gasteiger partial charge >= 0.3 is 5.88 Å². The van der Waals surface area contributed by atoms with Gasteiger partial charge in [-0.05, 0) is 37.6 Å². The lowest BCUT2D eigenvalue weighted by molar-refractivity contribution is -0.402. The third kappa shape index (κ3) is 4.51. The van der Waals surface area contributed by atoms with Crippen molar-refractivity contribution in [2.24, 2.45) is 0 Å². The molecule has 0 radical (unpaired) electrons. The zero-order valence-electron chi connectivity index (χ0n) is 16.3. The first-order chi connectivity index (χ1) is 13.5. The third-order valence-electron chi connectivity index (χ3n) is 5.11. The van der Waals surface area contributed by atoms with Gasteiger partial charge in [0.1, 0.15) is 4.92 Å². The van der Waals surface area contributed by atoms with Crippen LogP contribution in [-0.4, -0.2) is 59.9 Å². The fraction of sp³-hybridized carbons (Fsp3) is 0.450. The molecule has 1 saturated heterocycles. The molecule has 8 nitrogen and oxygen atoms in total. The van der Waals surface area contributed by atoms with Crippen molar-refractivity contribution in [1.29, 1.82) is 0 Å². The highest BCUT2D eigenvalue weighted by Gasteiger charge is 2.26. The number of carbonyl (C=O) groups is 1. The lowest BCUT2D eigenvalue weighted by Crippen LogP contribution is -2.48. The van der Waals surface area contributed by atoms with Crippen LogP contribution in [0.2, 0.25) is 0 Å². The van der Waals surface area contributed by atoms with Gasteiger partial charge in [0.15, 0.2) is 5.76 Å². The second-order valence-electron chi connectivity index (χ2n) is 6.80. The normalized spacial score (nSPS) is 14.9. The molecule has 2 aromatic rings. The number of amides is 1. The summed E-state index contributed by atoms with van der Waals surface area (Å²) in [6.45, 7) is 9.79.